The lowest BCUT2D eigenvalue weighted by Gasteiger charge is -2.11. The van der Waals surface area contributed by atoms with Crippen molar-refractivity contribution in [2.45, 2.75) is 12.1 Å². The van der Waals surface area contributed by atoms with Gasteiger partial charge in [0.05, 0.1) is 12.5 Å². The van der Waals surface area contributed by atoms with Crippen LogP contribution in [0.5, 0.6) is 0 Å². The highest BCUT2D eigenvalue weighted by molar-refractivity contribution is 5.09. The van der Waals surface area contributed by atoms with Gasteiger partial charge in [-0.25, -0.2) is 9.97 Å². The van der Waals surface area contributed by atoms with Crippen molar-refractivity contribution in [3.8, 4) is 0 Å². The first-order valence-electron chi connectivity index (χ1n) is 4.20. The van der Waals surface area contributed by atoms with E-state index in [1.807, 2.05) is 0 Å². The lowest BCUT2D eigenvalue weighted by atomic mass is 10.1. The number of aliphatic hydroxyl groups is 1. The van der Waals surface area contributed by atoms with Crippen LogP contribution in [0.3, 0.4) is 0 Å². The molecule has 0 aliphatic carbocycles. The molecule has 1 rings (SSSR count). The Morgan fingerprint density at radius 1 is 1.47 bits per heavy atom. The average molecular weight is 221 g/mol. The SMILES string of the molecule is NCC(CO)c1nccc(C(F)(F)F)n1. The molecular formula is C8H10F3N3O. The summed E-state index contributed by atoms with van der Waals surface area (Å²) < 4.78 is 36.8. The third kappa shape index (κ3) is 2.87. The van der Waals surface area contributed by atoms with Gasteiger partial charge in [0.15, 0.2) is 0 Å². The second-order valence-corrected chi connectivity index (χ2v) is 2.91. The second-order valence-electron chi connectivity index (χ2n) is 2.91. The van der Waals surface area contributed by atoms with E-state index in [9.17, 15) is 13.2 Å². The van der Waals surface area contributed by atoms with Crippen molar-refractivity contribution in [1.29, 1.82) is 0 Å². The predicted octanol–water partition coefficient (Wildman–Crippen LogP) is 0.530. The quantitative estimate of drug-likeness (QED) is 0.780. The highest BCUT2D eigenvalue weighted by Crippen LogP contribution is 2.27. The molecule has 0 saturated carbocycles. The topological polar surface area (TPSA) is 72.0 Å². The number of hydrogen-bond donors (Lipinski definition) is 2. The van der Waals surface area contributed by atoms with E-state index in [2.05, 4.69) is 9.97 Å². The van der Waals surface area contributed by atoms with Crippen LogP contribution in [-0.2, 0) is 6.18 Å². The molecule has 1 unspecified atom stereocenters. The van der Waals surface area contributed by atoms with Gasteiger partial charge in [-0.15, -0.1) is 0 Å². The number of nitrogens with two attached hydrogens (primary N) is 1. The largest absolute Gasteiger partial charge is 0.433 e. The Labute approximate surface area is 84.0 Å². The second kappa shape index (κ2) is 4.54. The first-order chi connectivity index (χ1) is 6.99. The number of aliphatic hydroxyl groups excluding tert-OH is 1. The van der Waals surface area contributed by atoms with Crippen molar-refractivity contribution in [2.24, 2.45) is 5.73 Å². The van der Waals surface area contributed by atoms with E-state index in [-0.39, 0.29) is 19.0 Å². The zero-order valence-electron chi connectivity index (χ0n) is 7.70. The summed E-state index contributed by atoms with van der Waals surface area (Å²) >= 11 is 0. The molecule has 0 aliphatic rings. The Morgan fingerprint density at radius 2 is 2.13 bits per heavy atom. The monoisotopic (exact) mass is 221 g/mol. The molecule has 0 spiro atoms. The molecule has 0 amide bonds. The molecule has 7 heteroatoms. The molecule has 4 nitrogen and oxygen atoms in total. The first-order valence-corrected chi connectivity index (χ1v) is 4.20. The van der Waals surface area contributed by atoms with Gasteiger partial charge in [-0.1, -0.05) is 0 Å². The van der Waals surface area contributed by atoms with E-state index in [0.29, 0.717) is 0 Å². The first kappa shape index (κ1) is 11.9. The third-order valence-corrected chi connectivity index (χ3v) is 1.83. The van der Waals surface area contributed by atoms with Crippen molar-refractivity contribution >= 4 is 0 Å². The maximum Gasteiger partial charge on any atom is 0.433 e. The molecule has 1 atom stereocenters. The maximum atomic E-state index is 12.3. The summed E-state index contributed by atoms with van der Waals surface area (Å²) in [6, 6.07) is 0.772. The summed E-state index contributed by atoms with van der Waals surface area (Å²) in [4.78, 5) is 6.95. The lowest BCUT2D eigenvalue weighted by Crippen LogP contribution is -2.20. The molecule has 0 radical (unpaired) electrons. The van der Waals surface area contributed by atoms with Crippen LogP contribution in [-0.4, -0.2) is 28.2 Å². The predicted molar refractivity (Wildman–Crippen MR) is 45.9 cm³/mol. The van der Waals surface area contributed by atoms with Gasteiger partial charge in [0.1, 0.15) is 11.5 Å². The molecule has 0 saturated heterocycles. The van der Waals surface area contributed by atoms with Crippen LogP contribution in [0, 0.1) is 0 Å². The van der Waals surface area contributed by atoms with Crippen LogP contribution in [0.4, 0.5) is 13.2 Å². The van der Waals surface area contributed by atoms with Crippen LogP contribution < -0.4 is 5.73 Å². The van der Waals surface area contributed by atoms with Crippen molar-refractivity contribution in [2.75, 3.05) is 13.2 Å². The normalized spacial score (nSPS) is 13.9. The van der Waals surface area contributed by atoms with Crippen molar-refractivity contribution in [3.05, 3.63) is 23.8 Å². The molecule has 1 aromatic heterocycles. The lowest BCUT2D eigenvalue weighted by molar-refractivity contribution is -0.141. The minimum Gasteiger partial charge on any atom is -0.396 e. The van der Waals surface area contributed by atoms with Crippen LogP contribution >= 0.6 is 0 Å². The minimum absolute atomic E-state index is 0.00217. The molecule has 3 N–H and O–H groups in total. The zero-order chi connectivity index (χ0) is 11.5. The van der Waals surface area contributed by atoms with E-state index in [1.54, 1.807) is 0 Å². The molecule has 0 aromatic carbocycles. The Balaban J connectivity index is 3.02. The van der Waals surface area contributed by atoms with Gasteiger partial charge >= 0.3 is 6.18 Å². The molecule has 0 fully saturated rings. The fraction of sp³-hybridized carbons (Fsp3) is 0.500. The van der Waals surface area contributed by atoms with Gasteiger partial charge in [0.25, 0.3) is 0 Å². The molecule has 15 heavy (non-hydrogen) atoms. The number of hydrogen-bond acceptors (Lipinski definition) is 4. The van der Waals surface area contributed by atoms with E-state index < -0.39 is 17.8 Å². The number of nitrogens with zero attached hydrogens (tertiary/aromatic N) is 2. The van der Waals surface area contributed by atoms with Gasteiger partial charge < -0.3 is 10.8 Å². The van der Waals surface area contributed by atoms with Crippen molar-refractivity contribution in [1.82, 2.24) is 9.97 Å². The summed E-state index contributed by atoms with van der Waals surface area (Å²) in [5, 5.41) is 8.83. The van der Waals surface area contributed by atoms with Gasteiger partial charge in [0, 0.05) is 12.7 Å². The Kier molecular flexibility index (Phi) is 3.59. The number of rotatable bonds is 3. The van der Waals surface area contributed by atoms with Crippen LogP contribution in [0.2, 0.25) is 0 Å². The molecular weight excluding hydrogens is 211 g/mol. The summed E-state index contributed by atoms with van der Waals surface area (Å²) in [5.74, 6) is -0.748. The van der Waals surface area contributed by atoms with E-state index in [0.717, 1.165) is 12.3 Å². The molecule has 84 valence electrons. The summed E-state index contributed by atoms with van der Waals surface area (Å²) in [7, 11) is 0. The molecule has 0 bridgehead atoms. The van der Waals surface area contributed by atoms with Gasteiger partial charge in [0.2, 0.25) is 0 Å². The van der Waals surface area contributed by atoms with Gasteiger partial charge in [-0.2, -0.15) is 13.2 Å². The van der Waals surface area contributed by atoms with E-state index >= 15 is 0 Å². The summed E-state index contributed by atoms with van der Waals surface area (Å²) in [6.07, 6.45) is -3.50. The minimum atomic E-state index is -4.51. The smallest absolute Gasteiger partial charge is 0.396 e. The molecule has 1 aromatic rings. The Hall–Kier alpha value is -1.21. The average Bonchev–Trinajstić information content (AvgIpc) is 2.19. The maximum absolute atomic E-state index is 12.3. The molecule has 1 heterocycles. The van der Waals surface area contributed by atoms with Gasteiger partial charge in [-0.3, -0.25) is 0 Å². The number of alkyl halides is 3. The van der Waals surface area contributed by atoms with Gasteiger partial charge in [-0.05, 0) is 6.07 Å². The number of aromatic nitrogens is 2. The third-order valence-electron chi connectivity index (χ3n) is 1.83. The zero-order valence-corrected chi connectivity index (χ0v) is 7.70. The Morgan fingerprint density at radius 3 is 2.60 bits per heavy atom. The van der Waals surface area contributed by atoms with Crippen LogP contribution in [0.1, 0.15) is 17.4 Å². The van der Waals surface area contributed by atoms with E-state index in [4.69, 9.17) is 10.8 Å². The van der Waals surface area contributed by atoms with Crippen LogP contribution in [0.25, 0.3) is 0 Å². The van der Waals surface area contributed by atoms with Crippen molar-refractivity contribution in [3.63, 3.8) is 0 Å². The fourth-order valence-electron chi connectivity index (χ4n) is 0.990. The highest BCUT2D eigenvalue weighted by atomic mass is 19.4. The summed E-state index contributed by atoms with van der Waals surface area (Å²) in [5.41, 5.74) is 4.22. The van der Waals surface area contributed by atoms with Crippen molar-refractivity contribution < 1.29 is 18.3 Å². The van der Waals surface area contributed by atoms with Crippen LogP contribution in [0.15, 0.2) is 12.3 Å². The fourth-order valence-corrected chi connectivity index (χ4v) is 0.990. The number of halogens is 3. The highest BCUT2D eigenvalue weighted by Gasteiger charge is 2.33. The summed E-state index contributed by atoms with van der Waals surface area (Å²) in [6.45, 7) is -0.379. The standard InChI is InChI=1S/C8H10F3N3O/c9-8(10,11)6-1-2-13-7(14-6)5(3-12)4-15/h1-2,5,15H,3-4,12H2. The van der Waals surface area contributed by atoms with E-state index in [1.165, 1.54) is 0 Å². The Bertz CT molecular complexity index is 325. The molecule has 0 aliphatic heterocycles.